The van der Waals surface area contributed by atoms with Crippen molar-refractivity contribution in [2.24, 2.45) is 5.92 Å². The number of amides is 1. The number of nitrogens with one attached hydrogen (secondary N) is 1. The highest BCUT2D eigenvalue weighted by Gasteiger charge is 2.34. The number of carbonyl (C=O) groups excluding carboxylic acids is 1. The quantitative estimate of drug-likeness (QED) is 0.529. The van der Waals surface area contributed by atoms with E-state index in [1.807, 2.05) is 54.8 Å². The number of fused-ring (bicyclic) bond motifs is 1. The van der Waals surface area contributed by atoms with Crippen LogP contribution in [0.1, 0.15) is 5.01 Å². The fourth-order valence-corrected chi connectivity index (χ4v) is 4.90. The molecule has 5 nitrogen and oxygen atoms in total. The van der Waals surface area contributed by atoms with E-state index in [4.69, 9.17) is 0 Å². The highest BCUT2D eigenvalue weighted by atomic mass is 32.1. The molecule has 1 amide bonds. The summed E-state index contributed by atoms with van der Waals surface area (Å²) in [5, 5.41) is 7.12. The Hall–Kier alpha value is -2.77. The van der Waals surface area contributed by atoms with E-state index in [0.29, 0.717) is 13.1 Å². The number of carbonyl (C=O) groups is 1. The topological polar surface area (TPSA) is 58.1 Å². The van der Waals surface area contributed by atoms with E-state index in [-0.39, 0.29) is 11.8 Å². The van der Waals surface area contributed by atoms with E-state index in [9.17, 15) is 4.79 Å². The molecule has 1 fully saturated rings. The molecule has 2 aromatic carbocycles. The Balaban J connectivity index is 1.23. The number of benzene rings is 2. The minimum absolute atomic E-state index is 0.0165. The molecule has 0 aliphatic carbocycles. The number of thiazole rings is 2. The molecule has 4 aromatic rings. The maximum atomic E-state index is 12.6. The van der Waals surface area contributed by atoms with Gasteiger partial charge in [-0.2, -0.15) is 0 Å². The van der Waals surface area contributed by atoms with Crippen LogP contribution in [0.2, 0.25) is 0 Å². The van der Waals surface area contributed by atoms with E-state index >= 15 is 0 Å². The lowest BCUT2D eigenvalue weighted by molar-refractivity contribution is -0.120. The van der Waals surface area contributed by atoms with Gasteiger partial charge in [-0.25, -0.2) is 9.97 Å². The Morgan fingerprint density at radius 2 is 2.00 bits per heavy atom. The molecule has 3 heterocycles. The lowest BCUT2D eigenvalue weighted by atomic mass is 10.00. The number of aromatic nitrogens is 2. The first-order valence-corrected chi connectivity index (χ1v) is 10.8. The highest BCUT2D eigenvalue weighted by molar-refractivity contribution is 7.22. The summed E-state index contributed by atoms with van der Waals surface area (Å²) in [6.45, 7) is 3.40. The standard InChI is InChI=1S/C21H18N4OS2/c1-13-22-18(12-27-13)14-5-4-6-16(9-14)23-20(26)15-10-25(11-15)21-24-17-7-2-3-8-19(17)28-21/h2-9,12,15H,10-11H2,1H3,(H,23,26). The number of anilines is 2. The average Bonchev–Trinajstić information content (AvgIpc) is 3.26. The molecule has 2 aromatic heterocycles. The molecule has 0 bridgehead atoms. The molecule has 7 heteroatoms. The fourth-order valence-electron chi connectivity index (χ4n) is 3.29. The Morgan fingerprint density at radius 1 is 1.14 bits per heavy atom. The maximum absolute atomic E-state index is 12.6. The van der Waals surface area contributed by atoms with E-state index in [1.54, 1.807) is 22.7 Å². The second-order valence-electron chi connectivity index (χ2n) is 6.89. The molecule has 0 saturated carbocycles. The zero-order valence-electron chi connectivity index (χ0n) is 15.3. The molecule has 0 unspecified atom stereocenters. The smallest absolute Gasteiger partial charge is 0.231 e. The van der Waals surface area contributed by atoms with Gasteiger partial charge in [0.15, 0.2) is 5.13 Å². The molecule has 1 aliphatic heterocycles. The average molecular weight is 407 g/mol. The van der Waals surface area contributed by atoms with Crippen molar-refractivity contribution in [3.05, 3.63) is 58.9 Å². The Morgan fingerprint density at radius 3 is 2.79 bits per heavy atom. The summed E-state index contributed by atoms with van der Waals surface area (Å²) in [5.41, 5.74) is 3.80. The third-order valence-corrected chi connectivity index (χ3v) is 6.72. The lowest BCUT2D eigenvalue weighted by Gasteiger charge is -2.37. The molecule has 0 radical (unpaired) electrons. The Bertz CT molecular complexity index is 1130. The van der Waals surface area contributed by atoms with Crippen LogP contribution in [0.5, 0.6) is 0 Å². The summed E-state index contributed by atoms with van der Waals surface area (Å²) < 4.78 is 1.18. The van der Waals surface area contributed by atoms with Gasteiger partial charge in [0.05, 0.1) is 26.8 Å². The third-order valence-electron chi connectivity index (χ3n) is 4.85. The Kier molecular flexibility index (Phi) is 4.33. The zero-order chi connectivity index (χ0) is 19.1. The van der Waals surface area contributed by atoms with Crippen LogP contribution in [0.4, 0.5) is 10.8 Å². The van der Waals surface area contributed by atoms with Gasteiger partial charge >= 0.3 is 0 Å². The molecule has 1 aliphatic rings. The molecule has 0 spiro atoms. The predicted octanol–water partition coefficient (Wildman–Crippen LogP) is 4.80. The molecular formula is C21H18N4OS2. The van der Waals surface area contributed by atoms with Crippen LogP contribution in [0, 0.1) is 12.8 Å². The lowest BCUT2D eigenvalue weighted by Crippen LogP contribution is -2.52. The van der Waals surface area contributed by atoms with Crippen LogP contribution < -0.4 is 10.2 Å². The van der Waals surface area contributed by atoms with Crippen molar-refractivity contribution < 1.29 is 4.79 Å². The van der Waals surface area contributed by atoms with Gasteiger partial charge in [-0.15, -0.1) is 11.3 Å². The number of hydrogen-bond donors (Lipinski definition) is 1. The third kappa shape index (κ3) is 3.27. The van der Waals surface area contributed by atoms with Gasteiger partial charge < -0.3 is 10.2 Å². The number of aryl methyl sites for hydroxylation is 1. The molecular weight excluding hydrogens is 388 g/mol. The van der Waals surface area contributed by atoms with Crippen molar-refractivity contribution in [2.45, 2.75) is 6.92 Å². The van der Waals surface area contributed by atoms with Gasteiger partial charge in [0.1, 0.15) is 0 Å². The normalized spacial score (nSPS) is 14.2. The van der Waals surface area contributed by atoms with Gasteiger partial charge in [-0.3, -0.25) is 4.79 Å². The van der Waals surface area contributed by atoms with Gasteiger partial charge in [0.25, 0.3) is 0 Å². The first-order chi connectivity index (χ1) is 13.7. The highest BCUT2D eigenvalue weighted by Crippen LogP contribution is 2.33. The van der Waals surface area contributed by atoms with Crippen LogP contribution in [-0.2, 0) is 4.79 Å². The SMILES string of the molecule is Cc1nc(-c2cccc(NC(=O)C3CN(c4nc5ccccc5s4)C3)c2)cs1. The molecule has 5 rings (SSSR count). The van der Waals surface area contributed by atoms with Crippen molar-refractivity contribution in [2.75, 3.05) is 23.3 Å². The van der Waals surface area contributed by atoms with E-state index in [2.05, 4.69) is 26.3 Å². The van der Waals surface area contributed by atoms with E-state index in [1.165, 1.54) is 4.70 Å². The van der Waals surface area contributed by atoms with E-state index < -0.39 is 0 Å². The zero-order valence-corrected chi connectivity index (χ0v) is 16.9. The van der Waals surface area contributed by atoms with Crippen molar-refractivity contribution >= 4 is 49.6 Å². The molecule has 0 atom stereocenters. The summed E-state index contributed by atoms with van der Waals surface area (Å²) >= 11 is 3.30. The summed E-state index contributed by atoms with van der Waals surface area (Å²) in [6.07, 6.45) is 0. The maximum Gasteiger partial charge on any atom is 0.231 e. The van der Waals surface area contributed by atoms with Crippen molar-refractivity contribution in [1.29, 1.82) is 0 Å². The van der Waals surface area contributed by atoms with Gasteiger partial charge in [0.2, 0.25) is 5.91 Å². The molecule has 1 N–H and O–H groups in total. The number of rotatable bonds is 4. The first-order valence-electron chi connectivity index (χ1n) is 9.10. The van der Waals surface area contributed by atoms with E-state index in [0.717, 1.165) is 32.6 Å². The summed E-state index contributed by atoms with van der Waals surface area (Å²) in [5.74, 6) is 0.0427. The Labute approximate surface area is 170 Å². The fraction of sp³-hybridized carbons (Fsp3) is 0.190. The van der Waals surface area contributed by atoms with Crippen LogP contribution in [0.25, 0.3) is 21.5 Å². The largest absolute Gasteiger partial charge is 0.346 e. The first kappa shape index (κ1) is 17.3. The summed E-state index contributed by atoms with van der Waals surface area (Å²) in [7, 11) is 0. The van der Waals surface area contributed by atoms with Crippen molar-refractivity contribution in [1.82, 2.24) is 9.97 Å². The van der Waals surface area contributed by atoms with Crippen molar-refractivity contribution in [3.63, 3.8) is 0 Å². The number of para-hydroxylation sites is 1. The number of hydrogen-bond acceptors (Lipinski definition) is 6. The monoisotopic (exact) mass is 406 g/mol. The predicted molar refractivity (Wildman–Crippen MR) is 116 cm³/mol. The minimum Gasteiger partial charge on any atom is -0.346 e. The van der Waals surface area contributed by atoms with Crippen molar-refractivity contribution in [3.8, 4) is 11.3 Å². The van der Waals surface area contributed by atoms with Crippen LogP contribution >= 0.6 is 22.7 Å². The summed E-state index contributed by atoms with van der Waals surface area (Å²) in [4.78, 5) is 24.0. The van der Waals surface area contributed by atoms with Gasteiger partial charge in [0, 0.05) is 29.7 Å². The van der Waals surface area contributed by atoms with Gasteiger partial charge in [-0.05, 0) is 31.2 Å². The second-order valence-corrected chi connectivity index (χ2v) is 8.96. The molecule has 1 saturated heterocycles. The van der Waals surface area contributed by atoms with Crippen LogP contribution in [0.3, 0.4) is 0 Å². The molecule has 140 valence electrons. The van der Waals surface area contributed by atoms with Gasteiger partial charge in [-0.1, -0.05) is 35.6 Å². The minimum atomic E-state index is -0.0165. The summed E-state index contributed by atoms with van der Waals surface area (Å²) in [6, 6.07) is 16.0. The number of nitrogens with zero attached hydrogens (tertiary/aromatic N) is 3. The second kappa shape index (κ2) is 7.00. The molecule has 28 heavy (non-hydrogen) atoms. The van der Waals surface area contributed by atoms with Crippen LogP contribution in [0.15, 0.2) is 53.9 Å². The van der Waals surface area contributed by atoms with Crippen LogP contribution in [-0.4, -0.2) is 29.0 Å².